The van der Waals surface area contributed by atoms with Crippen molar-refractivity contribution in [1.29, 1.82) is 0 Å². The number of benzene rings is 1. The zero-order valence-electron chi connectivity index (χ0n) is 8.77. The van der Waals surface area contributed by atoms with Gasteiger partial charge in [0, 0.05) is 19.5 Å². The van der Waals surface area contributed by atoms with Crippen LogP contribution < -0.4 is 0 Å². The van der Waals surface area contributed by atoms with Crippen molar-refractivity contribution in [3.8, 4) is 11.3 Å². The van der Waals surface area contributed by atoms with Crippen LogP contribution in [-0.2, 0) is 7.05 Å². The molecular weight excluding hydrogens is 188 g/mol. The molecule has 0 aliphatic heterocycles. The summed E-state index contributed by atoms with van der Waals surface area (Å²) >= 11 is 0. The minimum atomic E-state index is 0.0360. The fraction of sp³-hybridized carbons (Fsp3) is 0.167. The molecule has 0 bridgehead atoms. The van der Waals surface area contributed by atoms with Crippen molar-refractivity contribution in [2.45, 2.75) is 6.92 Å². The minimum Gasteiger partial charge on any atom is -0.331 e. The van der Waals surface area contributed by atoms with Gasteiger partial charge in [-0.15, -0.1) is 0 Å². The van der Waals surface area contributed by atoms with E-state index in [1.165, 1.54) is 0 Å². The summed E-state index contributed by atoms with van der Waals surface area (Å²) in [6.07, 6.45) is 1.67. The van der Waals surface area contributed by atoms with E-state index in [9.17, 15) is 4.79 Å². The Hall–Kier alpha value is -1.90. The van der Waals surface area contributed by atoms with Crippen molar-refractivity contribution < 1.29 is 4.79 Å². The van der Waals surface area contributed by atoms with Crippen LogP contribution in [0.25, 0.3) is 11.3 Å². The van der Waals surface area contributed by atoms with Crippen molar-refractivity contribution in [2.24, 2.45) is 7.05 Å². The maximum absolute atomic E-state index is 11.5. The average molecular weight is 200 g/mol. The molecule has 0 spiro atoms. The molecule has 0 saturated heterocycles. The molecule has 0 radical (unpaired) electrons. The maximum Gasteiger partial charge on any atom is 0.178 e. The molecule has 0 N–H and O–H groups in total. The van der Waals surface area contributed by atoms with Crippen LogP contribution in [-0.4, -0.2) is 15.3 Å². The van der Waals surface area contributed by atoms with Crippen LogP contribution in [0.15, 0.2) is 36.7 Å². The fourth-order valence-corrected chi connectivity index (χ4v) is 1.65. The van der Waals surface area contributed by atoms with Gasteiger partial charge in [-0.25, -0.2) is 4.98 Å². The van der Waals surface area contributed by atoms with E-state index in [1.807, 2.05) is 37.4 Å². The molecule has 0 fully saturated rings. The third-order valence-corrected chi connectivity index (χ3v) is 2.32. The quantitative estimate of drug-likeness (QED) is 0.697. The topological polar surface area (TPSA) is 34.9 Å². The first kappa shape index (κ1) is 9.65. The lowest BCUT2D eigenvalue weighted by atomic mass is 10.1. The van der Waals surface area contributed by atoms with Gasteiger partial charge in [0.15, 0.2) is 5.78 Å². The Morgan fingerprint density at radius 2 is 1.93 bits per heavy atom. The van der Waals surface area contributed by atoms with Gasteiger partial charge < -0.3 is 4.57 Å². The monoisotopic (exact) mass is 200 g/mol. The van der Waals surface area contributed by atoms with Gasteiger partial charge >= 0.3 is 0 Å². The summed E-state index contributed by atoms with van der Waals surface area (Å²) in [5.74, 6) is 0.0360. The lowest BCUT2D eigenvalue weighted by molar-refractivity contribution is 0.101. The summed E-state index contributed by atoms with van der Waals surface area (Å²) in [5.41, 5.74) is 2.38. The molecule has 1 aromatic carbocycles. The van der Waals surface area contributed by atoms with Crippen LogP contribution in [0, 0.1) is 0 Å². The van der Waals surface area contributed by atoms with Gasteiger partial charge in [0.05, 0.1) is 12.0 Å². The molecule has 0 saturated carbocycles. The standard InChI is InChI=1S/C12H12N2O/c1-9(15)12-11(13-8-14(12)2)10-6-4-3-5-7-10/h3-8H,1-2H3. The smallest absolute Gasteiger partial charge is 0.178 e. The van der Waals surface area contributed by atoms with Gasteiger partial charge in [-0.3, -0.25) is 4.79 Å². The molecule has 3 heteroatoms. The van der Waals surface area contributed by atoms with Crippen molar-refractivity contribution in [3.05, 3.63) is 42.4 Å². The third kappa shape index (κ3) is 1.68. The van der Waals surface area contributed by atoms with Crippen LogP contribution in [0.2, 0.25) is 0 Å². The molecule has 2 rings (SSSR count). The summed E-state index contributed by atoms with van der Waals surface area (Å²) in [6.45, 7) is 1.56. The van der Waals surface area contributed by atoms with Gasteiger partial charge in [0.1, 0.15) is 5.69 Å². The number of aromatic nitrogens is 2. The number of rotatable bonds is 2. The highest BCUT2D eigenvalue weighted by Gasteiger charge is 2.14. The fourth-order valence-electron chi connectivity index (χ4n) is 1.65. The summed E-state index contributed by atoms with van der Waals surface area (Å²) in [5, 5.41) is 0. The molecule has 2 aromatic rings. The Bertz CT molecular complexity index is 486. The third-order valence-electron chi connectivity index (χ3n) is 2.32. The summed E-state index contributed by atoms with van der Waals surface area (Å²) in [7, 11) is 1.83. The number of nitrogens with zero attached hydrogens (tertiary/aromatic N) is 2. The van der Waals surface area contributed by atoms with Crippen molar-refractivity contribution in [1.82, 2.24) is 9.55 Å². The van der Waals surface area contributed by atoms with Gasteiger partial charge in [-0.2, -0.15) is 0 Å². The minimum absolute atomic E-state index is 0.0360. The van der Waals surface area contributed by atoms with Crippen LogP contribution >= 0.6 is 0 Å². The highest BCUT2D eigenvalue weighted by Crippen LogP contribution is 2.21. The second-order valence-electron chi connectivity index (χ2n) is 3.47. The van der Waals surface area contributed by atoms with Crippen LogP contribution in [0.3, 0.4) is 0 Å². The summed E-state index contributed by atoms with van der Waals surface area (Å²) in [6, 6.07) is 9.73. The number of hydrogen-bond donors (Lipinski definition) is 0. The van der Waals surface area contributed by atoms with Gasteiger partial charge in [-0.1, -0.05) is 30.3 Å². The number of aryl methyl sites for hydroxylation is 1. The second kappa shape index (κ2) is 3.69. The number of Topliss-reactive ketones (excluding diaryl/α,β-unsaturated/α-hetero) is 1. The zero-order chi connectivity index (χ0) is 10.8. The maximum atomic E-state index is 11.5. The Morgan fingerprint density at radius 3 is 2.53 bits per heavy atom. The van der Waals surface area contributed by atoms with E-state index in [0.717, 1.165) is 11.3 Å². The number of imidazole rings is 1. The van der Waals surface area contributed by atoms with E-state index in [4.69, 9.17) is 0 Å². The van der Waals surface area contributed by atoms with Gasteiger partial charge in [0.25, 0.3) is 0 Å². The second-order valence-corrected chi connectivity index (χ2v) is 3.47. The molecule has 76 valence electrons. The molecule has 0 aliphatic rings. The molecule has 1 heterocycles. The predicted octanol–water partition coefficient (Wildman–Crippen LogP) is 2.29. The van der Waals surface area contributed by atoms with Crippen LogP contribution in [0.5, 0.6) is 0 Å². The largest absolute Gasteiger partial charge is 0.331 e. The first-order chi connectivity index (χ1) is 7.20. The number of hydrogen-bond acceptors (Lipinski definition) is 2. The average Bonchev–Trinajstić information content (AvgIpc) is 2.61. The zero-order valence-corrected chi connectivity index (χ0v) is 8.77. The van der Waals surface area contributed by atoms with E-state index in [2.05, 4.69) is 4.98 Å². The first-order valence-electron chi connectivity index (χ1n) is 4.78. The van der Waals surface area contributed by atoms with E-state index >= 15 is 0 Å². The molecule has 1 aromatic heterocycles. The molecule has 3 nitrogen and oxygen atoms in total. The van der Waals surface area contributed by atoms with Crippen molar-refractivity contribution in [2.75, 3.05) is 0 Å². The van der Waals surface area contributed by atoms with E-state index < -0.39 is 0 Å². The number of carbonyl (C=O) groups excluding carboxylic acids is 1. The SMILES string of the molecule is CC(=O)c1c(-c2ccccc2)ncn1C. The van der Waals surface area contributed by atoms with E-state index in [-0.39, 0.29) is 5.78 Å². The Labute approximate surface area is 88.4 Å². The van der Waals surface area contributed by atoms with Crippen molar-refractivity contribution >= 4 is 5.78 Å². The van der Waals surface area contributed by atoms with E-state index in [1.54, 1.807) is 17.8 Å². The van der Waals surface area contributed by atoms with Crippen molar-refractivity contribution in [3.63, 3.8) is 0 Å². The van der Waals surface area contributed by atoms with E-state index in [0.29, 0.717) is 5.69 Å². The number of carbonyl (C=O) groups is 1. The Balaban J connectivity index is 2.59. The van der Waals surface area contributed by atoms with Crippen LogP contribution in [0.1, 0.15) is 17.4 Å². The van der Waals surface area contributed by atoms with Gasteiger partial charge in [-0.05, 0) is 0 Å². The lowest BCUT2D eigenvalue weighted by Crippen LogP contribution is -2.02. The Morgan fingerprint density at radius 1 is 1.27 bits per heavy atom. The normalized spacial score (nSPS) is 10.3. The predicted molar refractivity (Wildman–Crippen MR) is 58.6 cm³/mol. The molecule has 0 unspecified atom stereocenters. The highest BCUT2D eigenvalue weighted by molar-refractivity contribution is 5.98. The molecule has 0 amide bonds. The molecule has 0 aliphatic carbocycles. The molecular formula is C12H12N2O. The summed E-state index contributed by atoms with van der Waals surface area (Å²) < 4.78 is 1.75. The van der Waals surface area contributed by atoms with Crippen LogP contribution in [0.4, 0.5) is 0 Å². The first-order valence-corrected chi connectivity index (χ1v) is 4.78. The highest BCUT2D eigenvalue weighted by atomic mass is 16.1. The lowest BCUT2D eigenvalue weighted by Gasteiger charge is -2.01. The number of ketones is 1. The Kier molecular flexibility index (Phi) is 2.37. The van der Waals surface area contributed by atoms with Gasteiger partial charge in [0.2, 0.25) is 0 Å². The summed E-state index contributed by atoms with van der Waals surface area (Å²) in [4.78, 5) is 15.7. The molecule has 0 atom stereocenters. The molecule has 15 heavy (non-hydrogen) atoms.